The summed E-state index contributed by atoms with van der Waals surface area (Å²) in [7, 11) is 0. The Labute approximate surface area is 59.3 Å². The van der Waals surface area contributed by atoms with E-state index in [2.05, 4.69) is 4.98 Å². The van der Waals surface area contributed by atoms with E-state index in [0.717, 1.165) is 0 Å². The lowest BCUT2D eigenvalue weighted by molar-refractivity contribution is 0.0817. The van der Waals surface area contributed by atoms with Gasteiger partial charge in [0, 0.05) is 18.4 Å². The molecule has 0 aliphatic heterocycles. The fourth-order valence-corrected chi connectivity index (χ4v) is 0.697. The quantitative estimate of drug-likeness (QED) is 0.595. The van der Waals surface area contributed by atoms with Gasteiger partial charge in [-0.05, 0) is 6.92 Å². The molecule has 4 heteroatoms. The second-order valence-corrected chi connectivity index (χ2v) is 2.28. The van der Waals surface area contributed by atoms with Crippen molar-refractivity contribution in [3.63, 3.8) is 0 Å². The molecule has 4 nitrogen and oxygen atoms in total. The molecule has 0 fully saturated rings. The second kappa shape index (κ2) is 2.81. The summed E-state index contributed by atoms with van der Waals surface area (Å²) in [4.78, 5) is 3.77. The first kappa shape index (κ1) is 7.24. The summed E-state index contributed by atoms with van der Waals surface area (Å²) in [6.07, 6.45) is 4.15. The Bertz CT molecular complexity index is 183. The fourth-order valence-electron chi connectivity index (χ4n) is 0.697. The fraction of sp³-hybridized carbons (Fsp3) is 0.500. The SMILES string of the molecule is CC(N)C(O)n1ccnc1. The zero-order chi connectivity index (χ0) is 7.56. The molecular weight excluding hydrogens is 130 g/mol. The van der Waals surface area contributed by atoms with Crippen LogP contribution in [0, 0.1) is 0 Å². The summed E-state index contributed by atoms with van der Waals surface area (Å²) in [5.74, 6) is 0. The average Bonchev–Trinajstić information content (AvgIpc) is 2.36. The highest BCUT2D eigenvalue weighted by molar-refractivity contribution is 4.78. The Morgan fingerprint density at radius 3 is 2.80 bits per heavy atom. The van der Waals surface area contributed by atoms with Crippen molar-refractivity contribution in [1.29, 1.82) is 0 Å². The zero-order valence-electron chi connectivity index (χ0n) is 5.81. The third-order valence-corrected chi connectivity index (χ3v) is 1.30. The predicted octanol–water partition coefficient (Wildman–Crippen LogP) is -0.279. The first-order valence-electron chi connectivity index (χ1n) is 3.13. The van der Waals surface area contributed by atoms with Gasteiger partial charge in [-0.15, -0.1) is 0 Å². The highest BCUT2D eigenvalue weighted by Crippen LogP contribution is 2.03. The molecule has 10 heavy (non-hydrogen) atoms. The molecule has 0 aliphatic carbocycles. The number of rotatable bonds is 2. The number of hydrogen-bond acceptors (Lipinski definition) is 3. The van der Waals surface area contributed by atoms with Gasteiger partial charge in [-0.3, -0.25) is 0 Å². The third kappa shape index (κ3) is 1.34. The van der Waals surface area contributed by atoms with E-state index in [1.807, 2.05) is 0 Å². The zero-order valence-corrected chi connectivity index (χ0v) is 5.81. The largest absolute Gasteiger partial charge is 0.372 e. The van der Waals surface area contributed by atoms with E-state index >= 15 is 0 Å². The van der Waals surface area contributed by atoms with Crippen molar-refractivity contribution in [1.82, 2.24) is 9.55 Å². The topological polar surface area (TPSA) is 64.1 Å². The van der Waals surface area contributed by atoms with E-state index in [1.165, 1.54) is 6.33 Å². The summed E-state index contributed by atoms with van der Waals surface area (Å²) < 4.78 is 1.56. The molecule has 56 valence electrons. The molecule has 3 N–H and O–H groups in total. The van der Waals surface area contributed by atoms with E-state index in [1.54, 1.807) is 23.9 Å². The number of nitrogens with zero attached hydrogens (tertiary/aromatic N) is 2. The van der Waals surface area contributed by atoms with Gasteiger partial charge >= 0.3 is 0 Å². The van der Waals surface area contributed by atoms with Crippen molar-refractivity contribution in [2.75, 3.05) is 0 Å². The van der Waals surface area contributed by atoms with Crippen LogP contribution in [0.3, 0.4) is 0 Å². The van der Waals surface area contributed by atoms with Crippen LogP contribution >= 0.6 is 0 Å². The van der Waals surface area contributed by atoms with E-state index in [4.69, 9.17) is 5.73 Å². The summed E-state index contributed by atoms with van der Waals surface area (Å²) >= 11 is 0. The maximum Gasteiger partial charge on any atom is 0.146 e. The molecule has 0 spiro atoms. The van der Waals surface area contributed by atoms with Crippen LogP contribution in [-0.4, -0.2) is 20.7 Å². The molecule has 2 atom stereocenters. The van der Waals surface area contributed by atoms with E-state index in [-0.39, 0.29) is 6.04 Å². The first-order chi connectivity index (χ1) is 4.72. The average molecular weight is 141 g/mol. The van der Waals surface area contributed by atoms with E-state index < -0.39 is 6.23 Å². The molecule has 0 aromatic carbocycles. The molecule has 1 aromatic rings. The van der Waals surface area contributed by atoms with Gasteiger partial charge in [0.15, 0.2) is 0 Å². The van der Waals surface area contributed by atoms with Crippen molar-refractivity contribution in [2.45, 2.75) is 19.2 Å². The number of hydrogen-bond donors (Lipinski definition) is 2. The monoisotopic (exact) mass is 141 g/mol. The lowest BCUT2D eigenvalue weighted by Gasteiger charge is -2.14. The maximum atomic E-state index is 9.28. The van der Waals surface area contributed by atoms with Crippen LogP contribution in [0.2, 0.25) is 0 Å². The van der Waals surface area contributed by atoms with Crippen LogP contribution in [0.1, 0.15) is 13.2 Å². The highest BCUT2D eigenvalue weighted by Gasteiger charge is 2.09. The number of nitrogens with two attached hydrogens (primary N) is 1. The maximum absolute atomic E-state index is 9.28. The first-order valence-corrected chi connectivity index (χ1v) is 3.13. The van der Waals surface area contributed by atoms with Crippen molar-refractivity contribution >= 4 is 0 Å². The minimum Gasteiger partial charge on any atom is -0.372 e. The smallest absolute Gasteiger partial charge is 0.146 e. The molecule has 0 aliphatic rings. The second-order valence-electron chi connectivity index (χ2n) is 2.28. The molecule has 1 rings (SSSR count). The van der Waals surface area contributed by atoms with Gasteiger partial charge in [-0.2, -0.15) is 0 Å². The van der Waals surface area contributed by atoms with Gasteiger partial charge < -0.3 is 15.4 Å². The van der Waals surface area contributed by atoms with Crippen LogP contribution in [0.4, 0.5) is 0 Å². The normalized spacial score (nSPS) is 16.7. The third-order valence-electron chi connectivity index (χ3n) is 1.30. The van der Waals surface area contributed by atoms with Gasteiger partial charge in [0.2, 0.25) is 0 Å². The Morgan fingerprint density at radius 1 is 1.70 bits per heavy atom. The highest BCUT2D eigenvalue weighted by atomic mass is 16.3. The van der Waals surface area contributed by atoms with Crippen LogP contribution in [0.15, 0.2) is 18.7 Å². The van der Waals surface area contributed by atoms with Gasteiger partial charge in [0.1, 0.15) is 6.23 Å². The molecule has 0 saturated carbocycles. The van der Waals surface area contributed by atoms with Gasteiger partial charge in [-0.1, -0.05) is 0 Å². The summed E-state index contributed by atoms with van der Waals surface area (Å²) in [6.45, 7) is 1.74. The van der Waals surface area contributed by atoms with Crippen LogP contribution < -0.4 is 5.73 Å². The molecule has 2 unspecified atom stereocenters. The molecular formula is C6H11N3O. The Hall–Kier alpha value is -0.870. The molecule has 1 heterocycles. The summed E-state index contributed by atoms with van der Waals surface area (Å²) in [6, 6.07) is -0.269. The number of imidazole rings is 1. The number of aliphatic hydroxyl groups is 1. The molecule has 0 bridgehead atoms. The molecule has 0 saturated heterocycles. The Morgan fingerprint density at radius 2 is 2.40 bits per heavy atom. The van der Waals surface area contributed by atoms with E-state index in [0.29, 0.717) is 0 Å². The van der Waals surface area contributed by atoms with Crippen LogP contribution in [-0.2, 0) is 0 Å². The van der Waals surface area contributed by atoms with E-state index in [9.17, 15) is 5.11 Å². The molecule has 0 radical (unpaired) electrons. The Kier molecular flexibility index (Phi) is 2.03. The van der Waals surface area contributed by atoms with Crippen molar-refractivity contribution in [2.24, 2.45) is 5.73 Å². The standard InChI is InChI=1S/C6H11N3O/c1-5(7)6(10)9-3-2-8-4-9/h2-6,10H,7H2,1H3. The number of aromatic nitrogens is 2. The lowest BCUT2D eigenvalue weighted by atomic mass is 10.3. The lowest BCUT2D eigenvalue weighted by Crippen LogP contribution is -2.28. The van der Waals surface area contributed by atoms with Crippen molar-refractivity contribution in [3.8, 4) is 0 Å². The van der Waals surface area contributed by atoms with Crippen LogP contribution in [0.25, 0.3) is 0 Å². The molecule has 1 aromatic heterocycles. The van der Waals surface area contributed by atoms with Crippen LogP contribution in [0.5, 0.6) is 0 Å². The minimum absolute atomic E-state index is 0.269. The van der Waals surface area contributed by atoms with Crippen molar-refractivity contribution in [3.05, 3.63) is 18.7 Å². The van der Waals surface area contributed by atoms with Gasteiger partial charge in [0.05, 0.1) is 6.33 Å². The number of aliphatic hydroxyl groups excluding tert-OH is 1. The Balaban J connectivity index is 2.68. The molecule has 0 amide bonds. The predicted molar refractivity (Wildman–Crippen MR) is 37.1 cm³/mol. The summed E-state index contributed by atoms with van der Waals surface area (Å²) in [5, 5.41) is 9.28. The van der Waals surface area contributed by atoms with Gasteiger partial charge in [-0.25, -0.2) is 4.98 Å². The summed E-state index contributed by atoms with van der Waals surface area (Å²) in [5.41, 5.74) is 5.43. The van der Waals surface area contributed by atoms with Crippen molar-refractivity contribution < 1.29 is 5.11 Å². The minimum atomic E-state index is -0.664. The van der Waals surface area contributed by atoms with Gasteiger partial charge in [0.25, 0.3) is 0 Å².